The zero-order valence-corrected chi connectivity index (χ0v) is 18.8. The average Bonchev–Trinajstić information content (AvgIpc) is 2.72. The van der Waals surface area contributed by atoms with Crippen LogP contribution < -0.4 is 20.1 Å². The average molecular weight is 436 g/mol. The van der Waals surface area contributed by atoms with Crippen molar-refractivity contribution in [3.8, 4) is 11.5 Å². The molecule has 0 aromatic heterocycles. The third kappa shape index (κ3) is 5.87. The van der Waals surface area contributed by atoms with Gasteiger partial charge >= 0.3 is 0 Å². The number of methoxy groups -OCH3 is 2. The first kappa shape index (κ1) is 23.5. The molecule has 2 rings (SSSR count). The molecular weight excluding hydrogens is 406 g/mol. The number of aryl methyl sites for hydroxylation is 1. The molecule has 0 saturated carbocycles. The molecule has 9 heteroatoms. The lowest BCUT2D eigenvalue weighted by Gasteiger charge is -2.15. The van der Waals surface area contributed by atoms with Crippen LogP contribution in [0, 0.1) is 6.92 Å². The van der Waals surface area contributed by atoms with Gasteiger partial charge in [0.25, 0.3) is 0 Å². The summed E-state index contributed by atoms with van der Waals surface area (Å²) in [6.07, 6.45) is 0.641. The molecule has 2 aromatic carbocycles. The molecule has 1 amide bonds. The fourth-order valence-electron chi connectivity index (χ4n) is 2.78. The number of carbonyl (C=O) groups excluding carboxylic acids is 1. The number of hydrogen-bond donors (Lipinski definition) is 2. The van der Waals surface area contributed by atoms with Gasteiger partial charge in [-0.15, -0.1) is 0 Å². The first-order valence-electron chi connectivity index (χ1n) is 9.43. The molecule has 30 heavy (non-hydrogen) atoms. The van der Waals surface area contributed by atoms with E-state index in [2.05, 4.69) is 10.6 Å². The first-order valence-corrected chi connectivity index (χ1v) is 10.9. The van der Waals surface area contributed by atoms with Crippen molar-refractivity contribution in [2.75, 3.05) is 46.7 Å². The van der Waals surface area contributed by atoms with Gasteiger partial charge in [-0.3, -0.25) is 4.79 Å². The topological polar surface area (TPSA) is 97.0 Å². The van der Waals surface area contributed by atoms with Crippen molar-refractivity contribution in [2.24, 2.45) is 0 Å². The van der Waals surface area contributed by atoms with Gasteiger partial charge in [0.2, 0.25) is 15.9 Å². The van der Waals surface area contributed by atoms with Crippen LogP contribution >= 0.6 is 0 Å². The Hall–Kier alpha value is -2.78. The Bertz CT molecular complexity index is 990. The molecule has 8 nitrogen and oxygen atoms in total. The molecule has 2 aromatic rings. The minimum atomic E-state index is -3.54. The molecule has 0 aliphatic rings. The lowest BCUT2D eigenvalue weighted by Crippen LogP contribution is -2.31. The maximum Gasteiger partial charge on any atom is 0.242 e. The fraction of sp³-hybridized carbons (Fsp3) is 0.381. The molecule has 0 unspecified atom stereocenters. The van der Waals surface area contributed by atoms with E-state index in [0.717, 1.165) is 15.4 Å². The highest BCUT2D eigenvalue weighted by molar-refractivity contribution is 7.89. The molecule has 0 aliphatic heterocycles. The van der Waals surface area contributed by atoms with E-state index in [4.69, 9.17) is 9.47 Å². The smallest absolute Gasteiger partial charge is 0.242 e. The number of nitrogens with zero attached hydrogens (tertiary/aromatic N) is 1. The lowest BCUT2D eigenvalue weighted by molar-refractivity contribution is -0.119. The Morgan fingerprint density at radius 3 is 2.37 bits per heavy atom. The summed E-state index contributed by atoms with van der Waals surface area (Å²) in [6.45, 7) is 2.35. The summed E-state index contributed by atoms with van der Waals surface area (Å²) in [6, 6.07) is 10.4. The van der Waals surface area contributed by atoms with Gasteiger partial charge in [-0.25, -0.2) is 12.7 Å². The third-order valence-corrected chi connectivity index (χ3v) is 6.42. The standard InChI is InChI=1S/C21H29N3O5S/c1-15-6-8-17(30(26,27)24(2)3)13-18(15)23-14-21(25)22-11-10-16-7-9-19(28-4)20(12-16)29-5/h6-9,12-13,23H,10-11,14H2,1-5H3,(H,22,25). The largest absolute Gasteiger partial charge is 0.493 e. The van der Waals surface area contributed by atoms with Crippen LogP contribution in [-0.2, 0) is 21.2 Å². The van der Waals surface area contributed by atoms with Crippen molar-refractivity contribution in [2.45, 2.75) is 18.2 Å². The Morgan fingerprint density at radius 2 is 1.73 bits per heavy atom. The van der Waals surface area contributed by atoms with Crippen LogP contribution in [0.2, 0.25) is 0 Å². The van der Waals surface area contributed by atoms with E-state index < -0.39 is 10.0 Å². The number of rotatable bonds is 10. The highest BCUT2D eigenvalue weighted by atomic mass is 32.2. The molecule has 0 heterocycles. The van der Waals surface area contributed by atoms with Crippen LogP contribution in [0.4, 0.5) is 5.69 Å². The molecule has 0 radical (unpaired) electrons. The lowest BCUT2D eigenvalue weighted by atomic mass is 10.1. The van der Waals surface area contributed by atoms with E-state index in [0.29, 0.717) is 30.2 Å². The Kier molecular flexibility index (Phi) is 8.08. The predicted molar refractivity (Wildman–Crippen MR) is 117 cm³/mol. The van der Waals surface area contributed by atoms with Crippen LogP contribution in [0.5, 0.6) is 11.5 Å². The number of anilines is 1. The van der Waals surface area contributed by atoms with Crippen molar-refractivity contribution in [1.29, 1.82) is 0 Å². The second-order valence-electron chi connectivity index (χ2n) is 6.91. The number of sulfonamides is 1. The molecule has 0 aliphatic carbocycles. The van der Waals surface area contributed by atoms with E-state index in [1.807, 2.05) is 25.1 Å². The van der Waals surface area contributed by atoms with Gasteiger partial charge in [-0.2, -0.15) is 0 Å². The molecule has 0 saturated heterocycles. The number of nitrogens with one attached hydrogen (secondary N) is 2. The monoisotopic (exact) mass is 435 g/mol. The maximum atomic E-state index is 12.3. The summed E-state index contributed by atoms with van der Waals surface area (Å²) in [4.78, 5) is 12.4. The van der Waals surface area contributed by atoms with E-state index in [9.17, 15) is 13.2 Å². The predicted octanol–water partition coefficient (Wildman–Crippen LogP) is 2.03. The molecule has 0 bridgehead atoms. The van der Waals surface area contributed by atoms with E-state index in [1.165, 1.54) is 14.1 Å². The second-order valence-corrected chi connectivity index (χ2v) is 9.06. The molecule has 0 atom stereocenters. The van der Waals surface area contributed by atoms with Gasteiger partial charge in [0, 0.05) is 26.3 Å². The van der Waals surface area contributed by atoms with Gasteiger partial charge in [0.05, 0.1) is 25.7 Å². The fourth-order valence-corrected chi connectivity index (χ4v) is 3.71. The summed E-state index contributed by atoms with van der Waals surface area (Å²) in [5, 5.41) is 5.86. The van der Waals surface area contributed by atoms with Gasteiger partial charge in [0.15, 0.2) is 11.5 Å². The summed E-state index contributed by atoms with van der Waals surface area (Å²) in [5.74, 6) is 1.12. The zero-order chi connectivity index (χ0) is 22.3. The van der Waals surface area contributed by atoms with Crippen LogP contribution in [0.1, 0.15) is 11.1 Å². The van der Waals surface area contributed by atoms with Crippen molar-refractivity contribution in [3.63, 3.8) is 0 Å². The Morgan fingerprint density at radius 1 is 1.03 bits per heavy atom. The van der Waals surface area contributed by atoms with E-state index in [-0.39, 0.29) is 17.3 Å². The van der Waals surface area contributed by atoms with E-state index in [1.54, 1.807) is 32.4 Å². The second kappa shape index (κ2) is 10.3. The first-order chi connectivity index (χ1) is 14.2. The zero-order valence-electron chi connectivity index (χ0n) is 18.0. The maximum absolute atomic E-state index is 12.3. The molecule has 164 valence electrons. The van der Waals surface area contributed by atoms with Gasteiger partial charge in [0.1, 0.15) is 0 Å². The molecular formula is C21H29N3O5S. The Labute approximate surface area is 178 Å². The summed E-state index contributed by atoms with van der Waals surface area (Å²) in [7, 11) is 2.58. The van der Waals surface area contributed by atoms with Gasteiger partial charge in [-0.1, -0.05) is 12.1 Å². The van der Waals surface area contributed by atoms with Crippen LogP contribution in [-0.4, -0.2) is 60.0 Å². The van der Waals surface area contributed by atoms with Crippen LogP contribution in [0.25, 0.3) is 0 Å². The minimum Gasteiger partial charge on any atom is -0.493 e. The number of hydrogen-bond acceptors (Lipinski definition) is 6. The highest BCUT2D eigenvalue weighted by Gasteiger charge is 2.18. The molecule has 2 N–H and O–H groups in total. The normalized spacial score (nSPS) is 11.3. The highest BCUT2D eigenvalue weighted by Crippen LogP contribution is 2.27. The number of benzene rings is 2. The number of amides is 1. The SMILES string of the molecule is COc1ccc(CCNC(=O)CNc2cc(S(=O)(=O)N(C)C)ccc2C)cc1OC. The minimum absolute atomic E-state index is 0.0399. The van der Waals surface area contributed by atoms with Gasteiger partial charge < -0.3 is 20.1 Å². The summed E-state index contributed by atoms with van der Waals surface area (Å²) >= 11 is 0. The van der Waals surface area contributed by atoms with Crippen molar-refractivity contribution >= 4 is 21.6 Å². The van der Waals surface area contributed by atoms with E-state index >= 15 is 0 Å². The van der Waals surface area contributed by atoms with Crippen molar-refractivity contribution in [1.82, 2.24) is 9.62 Å². The molecule has 0 fully saturated rings. The van der Waals surface area contributed by atoms with Gasteiger partial charge in [-0.05, 0) is 48.7 Å². The quantitative estimate of drug-likeness (QED) is 0.593. The van der Waals surface area contributed by atoms with Crippen LogP contribution in [0.15, 0.2) is 41.3 Å². The third-order valence-electron chi connectivity index (χ3n) is 4.61. The van der Waals surface area contributed by atoms with Crippen LogP contribution in [0.3, 0.4) is 0 Å². The number of ether oxygens (including phenoxy) is 2. The Balaban J connectivity index is 1.91. The summed E-state index contributed by atoms with van der Waals surface area (Å²) in [5.41, 5.74) is 2.47. The van der Waals surface area contributed by atoms with Crippen molar-refractivity contribution in [3.05, 3.63) is 47.5 Å². The number of carbonyl (C=O) groups is 1. The van der Waals surface area contributed by atoms with Crippen molar-refractivity contribution < 1.29 is 22.7 Å². The molecule has 0 spiro atoms. The summed E-state index contributed by atoms with van der Waals surface area (Å²) < 4.78 is 36.3.